The standard InChI is InChI=1S/C54H101NO13/c1-3-5-7-9-11-13-15-17-18-19-20-21-22-23-24-26-28-30-32-34-36-38-46(59)55-42(43(58)37-35-33-31-29-27-25-16-14-12-10-8-6-4-2)41-65-53-51(64)49(62)52(45(40-57)67-53)68-54-50(63)48(61)47(60)44(39-56)66-54/h17-18,35,37,42-45,47-54,56-58,60-64H,3-16,19-34,36,38-41H2,1-2H3,(H,55,59)/b18-17-,37-35+/t42-,43+,44+,45+,47-,48-,49+,50+,51?,52+,53+,54-/m0/s1. The quantitative estimate of drug-likeness (QED) is 0.0208. The van der Waals surface area contributed by atoms with Crippen LogP contribution < -0.4 is 5.32 Å². The number of carbonyl (C=O) groups excluding carboxylic acids is 1. The van der Waals surface area contributed by atoms with Gasteiger partial charge in [0.05, 0.1) is 32.0 Å². The lowest BCUT2D eigenvalue weighted by molar-refractivity contribution is -0.359. The van der Waals surface area contributed by atoms with E-state index in [1.807, 2.05) is 6.08 Å². The summed E-state index contributed by atoms with van der Waals surface area (Å²) in [6, 6.07) is -0.911. The number of unbranched alkanes of at least 4 members (excludes halogenated alkanes) is 28. The highest BCUT2D eigenvalue weighted by molar-refractivity contribution is 5.76. The Kier molecular flexibility index (Phi) is 37.7. The molecule has 12 atom stereocenters. The summed E-state index contributed by atoms with van der Waals surface area (Å²) < 4.78 is 22.7. The third kappa shape index (κ3) is 27.3. The van der Waals surface area contributed by atoms with E-state index in [2.05, 4.69) is 31.3 Å². The van der Waals surface area contributed by atoms with Crippen molar-refractivity contribution in [2.24, 2.45) is 0 Å². The predicted molar refractivity (Wildman–Crippen MR) is 268 cm³/mol. The van der Waals surface area contributed by atoms with Crippen LogP contribution in [0.1, 0.15) is 219 Å². The van der Waals surface area contributed by atoms with E-state index in [1.165, 1.54) is 154 Å². The molecule has 0 bridgehead atoms. The number of carbonyl (C=O) groups is 1. The van der Waals surface area contributed by atoms with Gasteiger partial charge in [-0.3, -0.25) is 4.79 Å². The molecule has 0 aromatic heterocycles. The van der Waals surface area contributed by atoms with Gasteiger partial charge in [0.25, 0.3) is 0 Å². The Hall–Kier alpha value is -1.53. The maximum Gasteiger partial charge on any atom is 0.220 e. The normalized spacial score (nSPS) is 26.5. The first-order valence-corrected chi connectivity index (χ1v) is 27.6. The second kappa shape index (κ2) is 41.0. The molecule has 0 aromatic rings. The predicted octanol–water partition coefficient (Wildman–Crippen LogP) is 8.11. The molecule has 14 nitrogen and oxygen atoms in total. The minimum Gasteiger partial charge on any atom is -0.394 e. The number of nitrogens with one attached hydrogen (secondary N) is 1. The van der Waals surface area contributed by atoms with Crippen LogP contribution >= 0.6 is 0 Å². The average molecular weight is 972 g/mol. The van der Waals surface area contributed by atoms with Crippen molar-refractivity contribution < 1.29 is 64.6 Å². The van der Waals surface area contributed by atoms with Gasteiger partial charge in [-0.25, -0.2) is 0 Å². The Bertz CT molecular complexity index is 1240. The van der Waals surface area contributed by atoms with E-state index in [1.54, 1.807) is 6.08 Å². The molecule has 400 valence electrons. The smallest absolute Gasteiger partial charge is 0.220 e. The van der Waals surface area contributed by atoms with Crippen LogP contribution in [0, 0.1) is 0 Å². The number of hydrogen-bond acceptors (Lipinski definition) is 13. The molecule has 2 saturated heterocycles. The molecule has 2 fully saturated rings. The van der Waals surface area contributed by atoms with E-state index in [0.717, 1.165) is 38.5 Å². The van der Waals surface area contributed by atoms with Crippen LogP contribution in [-0.2, 0) is 23.7 Å². The van der Waals surface area contributed by atoms with Gasteiger partial charge in [0.2, 0.25) is 5.91 Å². The van der Waals surface area contributed by atoms with Crippen LogP contribution in [0.3, 0.4) is 0 Å². The summed E-state index contributed by atoms with van der Waals surface area (Å²) in [7, 11) is 0. The van der Waals surface area contributed by atoms with Crippen LogP contribution in [0.2, 0.25) is 0 Å². The molecule has 2 aliphatic heterocycles. The molecule has 2 rings (SSSR count). The van der Waals surface area contributed by atoms with Crippen LogP contribution in [0.5, 0.6) is 0 Å². The molecule has 68 heavy (non-hydrogen) atoms. The summed E-state index contributed by atoms with van der Waals surface area (Å²) >= 11 is 0. The lowest BCUT2D eigenvalue weighted by atomic mass is 9.97. The molecule has 0 aromatic carbocycles. The Labute approximate surface area is 411 Å². The molecular formula is C54H101NO13. The SMILES string of the molecule is CCCCCCCC/C=C\CCCCCCCCCCCCCC(=O)N[C@@H](CO[C@@H]1O[C@H](CO)[C@@H](O[C@@H]2O[C@H](CO)[C@H](O)[C@H](O)[C@H]2O)[C@H](O)C1O)[C@H](O)/C=C/CCCCCCCCCCCCC. The van der Waals surface area contributed by atoms with Crippen molar-refractivity contribution >= 4 is 5.91 Å². The minimum atomic E-state index is -1.79. The minimum absolute atomic E-state index is 0.240. The lowest BCUT2D eigenvalue weighted by Crippen LogP contribution is -2.65. The highest BCUT2D eigenvalue weighted by Gasteiger charge is 2.51. The average Bonchev–Trinajstić information content (AvgIpc) is 3.34. The number of amides is 1. The maximum atomic E-state index is 13.2. The van der Waals surface area contributed by atoms with E-state index >= 15 is 0 Å². The highest BCUT2D eigenvalue weighted by atomic mass is 16.7. The summed E-state index contributed by atoms with van der Waals surface area (Å²) in [6.45, 7) is 2.79. The van der Waals surface area contributed by atoms with Crippen molar-refractivity contribution in [2.75, 3.05) is 19.8 Å². The van der Waals surface area contributed by atoms with Crippen molar-refractivity contribution in [3.63, 3.8) is 0 Å². The second-order valence-corrected chi connectivity index (χ2v) is 19.7. The molecule has 1 unspecified atom stereocenters. The Morgan fingerprint density at radius 1 is 0.515 bits per heavy atom. The summed E-state index contributed by atoms with van der Waals surface area (Å²) in [6.07, 6.45) is 29.3. The molecule has 9 N–H and O–H groups in total. The van der Waals surface area contributed by atoms with E-state index in [9.17, 15) is 45.6 Å². The van der Waals surface area contributed by atoms with Crippen molar-refractivity contribution in [3.05, 3.63) is 24.3 Å². The van der Waals surface area contributed by atoms with Gasteiger partial charge in [0, 0.05) is 6.42 Å². The molecule has 0 saturated carbocycles. The monoisotopic (exact) mass is 972 g/mol. The fraction of sp³-hybridized carbons (Fsp3) is 0.907. The zero-order chi connectivity index (χ0) is 49.6. The van der Waals surface area contributed by atoms with Crippen LogP contribution in [0.25, 0.3) is 0 Å². The van der Waals surface area contributed by atoms with Crippen LogP contribution in [-0.4, -0.2) is 140 Å². The zero-order valence-electron chi connectivity index (χ0n) is 42.6. The number of aliphatic hydroxyl groups excluding tert-OH is 8. The van der Waals surface area contributed by atoms with Crippen LogP contribution in [0.15, 0.2) is 24.3 Å². The summed E-state index contributed by atoms with van der Waals surface area (Å²) in [5.41, 5.74) is 0. The van der Waals surface area contributed by atoms with Gasteiger partial charge in [-0.05, 0) is 44.9 Å². The van der Waals surface area contributed by atoms with Crippen molar-refractivity contribution in [2.45, 2.75) is 293 Å². The summed E-state index contributed by atoms with van der Waals surface area (Å²) in [5, 5.41) is 86.8. The molecular weight excluding hydrogens is 871 g/mol. The third-order valence-electron chi connectivity index (χ3n) is 13.6. The highest BCUT2D eigenvalue weighted by Crippen LogP contribution is 2.30. The van der Waals surface area contributed by atoms with Gasteiger partial charge in [0.1, 0.15) is 48.8 Å². The van der Waals surface area contributed by atoms with Gasteiger partial charge in [-0.2, -0.15) is 0 Å². The topological polar surface area (TPSA) is 228 Å². The first-order valence-electron chi connectivity index (χ1n) is 27.6. The zero-order valence-corrected chi connectivity index (χ0v) is 42.6. The number of ether oxygens (including phenoxy) is 4. The van der Waals surface area contributed by atoms with Gasteiger partial charge in [-0.15, -0.1) is 0 Å². The molecule has 0 spiro atoms. The summed E-state index contributed by atoms with van der Waals surface area (Å²) in [4.78, 5) is 13.2. The van der Waals surface area contributed by atoms with Gasteiger partial charge >= 0.3 is 0 Å². The van der Waals surface area contributed by atoms with Crippen molar-refractivity contribution in [1.29, 1.82) is 0 Å². The van der Waals surface area contributed by atoms with Gasteiger partial charge < -0.3 is 65.1 Å². The molecule has 2 aliphatic rings. The van der Waals surface area contributed by atoms with E-state index < -0.39 is 86.8 Å². The molecule has 1 amide bonds. The maximum absolute atomic E-state index is 13.2. The van der Waals surface area contributed by atoms with E-state index in [0.29, 0.717) is 6.42 Å². The number of allylic oxidation sites excluding steroid dienone is 3. The lowest BCUT2D eigenvalue weighted by Gasteiger charge is -2.46. The first-order chi connectivity index (χ1) is 33.1. The van der Waals surface area contributed by atoms with Crippen molar-refractivity contribution in [1.82, 2.24) is 5.32 Å². The van der Waals surface area contributed by atoms with Gasteiger partial charge in [-0.1, -0.05) is 192 Å². The molecule has 0 radical (unpaired) electrons. The Morgan fingerprint density at radius 2 is 0.926 bits per heavy atom. The van der Waals surface area contributed by atoms with Crippen LogP contribution in [0.4, 0.5) is 0 Å². The van der Waals surface area contributed by atoms with E-state index in [4.69, 9.17) is 18.9 Å². The fourth-order valence-corrected chi connectivity index (χ4v) is 9.11. The summed E-state index contributed by atoms with van der Waals surface area (Å²) in [5.74, 6) is -0.240. The molecule has 2 heterocycles. The van der Waals surface area contributed by atoms with E-state index in [-0.39, 0.29) is 18.9 Å². The Morgan fingerprint density at radius 3 is 1.40 bits per heavy atom. The third-order valence-corrected chi connectivity index (χ3v) is 13.6. The first kappa shape index (κ1) is 62.6. The number of aliphatic hydroxyl groups is 8. The fourth-order valence-electron chi connectivity index (χ4n) is 9.11. The number of rotatable bonds is 43. The molecule has 0 aliphatic carbocycles. The second-order valence-electron chi connectivity index (χ2n) is 19.7. The molecule has 14 heteroatoms. The van der Waals surface area contributed by atoms with Gasteiger partial charge in [0.15, 0.2) is 12.6 Å². The largest absolute Gasteiger partial charge is 0.394 e. The van der Waals surface area contributed by atoms with Crippen molar-refractivity contribution in [3.8, 4) is 0 Å². The Balaban J connectivity index is 1.78. The number of hydrogen-bond donors (Lipinski definition) is 9.